The second-order valence-corrected chi connectivity index (χ2v) is 14.3. The largest absolute Gasteiger partial charge is 0.368 e. The Hall–Kier alpha value is -5.78. The molecule has 56 heavy (non-hydrogen) atoms. The Morgan fingerprint density at radius 1 is 0.964 bits per heavy atom. The van der Waals surface area contributed by atoms with E-state index in [9.17, 15) is 28.8 Å². The van der Waals surface area contributed by atoms with Crippen molar-refractivity contribution in [2.24, 2.45) is 17.4 Å². The maximum absolute atomic E-state index is 14.4. The van der Waals surface area contributed by atoms with Gasteiger partial charge in [0.15, 0.2) is 5.78 Å². The SMILES string of the molecule is C=CCN1CC#CC[C@H](NC(=O)[C@H](C)N)C(=O)N[C@@H](C)C(=O)N[C@@H](Cc2c[nH]c3ccccc23)C(=O)C[C@H](Cc2ccccc2)C(=O)N[C@H](C(N)=O)CCCC1. The highest BCUT2D eigenvalue weighted by Gasteiger charge is 2.32. The van der Waals surface area contributed by atoms with Crippen LogP contribution in [0.3, 0.4) is 0 Å². The zero-order valence-corrected chi connectivity index (χ0v) is 32.1. The lowest BCUT2D eigenvalue weighted by atomic mass is 9.89. The second kappa shape index (κ2) is 21.3. The van der Waals surface area contributed by atoms with Crippen LogP contribution in [-0.2, 0) is 41.6 Å². The summed E-state index contributed by atoms with van der Waals surface area (Å²) in [4.78, 5) is 86.0. The van der Waals surface area contributed by atoms with Gasteiger partial charge in [-0.2, -0.15) is 0 Å². The molecule has 4 rings (SSSR count). The van der Waals surface area contributed by atoms with Gasteiger partial charge < -0.3 is 37.7 Å². The summed E-state index contributed by atoms with van der Waals surface area (Å²) in [6.45, 7) is 8.24. The number of primary amides is 1. The van der Waals surface area contributed by atoms with E-state index >= 15 is 0 Å². The van der Waals surface area contributed by atoms with Gasteiger partial charge in [-0.05, 0) is 63.3 Å². The third-order valence-corrected chi connectivity index (χ3v) is 9.74. The molecule has 298 valence electrons. The highest BCUT2D eigenvalue weighted by atomic mass is 16.2. The maximum atomic E-state index is 14.4. The monoisotopic (exact) mass is 766 g/mol. The van der Waals surface area contributed by atoms with Crippen LogP contribution in [-0.4, -0.2) is 95.0 Å². The van der Waals surface area contributed by atoms with Gasteiger partial charge in [0.1, 0.15) is 18.1 Å². The van der Waals surface area contributed by atoms with Crippen LogP contribution in [0.2, 0.25) is 0 Å². The number of hydrogen-bond acceptors (Lipinski definition) is 8. The quantitative estimate of drug-likeness (QED) is 0.124. The normalized spacial score (nSPS) is 23.2. The number of aromatic amines is 1. The van der Waals surface area contributed by atoms with E-state index in [1.54, 1.807) is 12.3 Å². The van der Waals surface area contributed by atoms with Crippen molar-refractivity contribution >= 4 is 46.2 Å². The van der Waals surface area contributed by atoms with E-state index in [-0.39, 0.29) is 32.1 Å². The summed E-state index contributed by atoms with van der Waals surface area (Å²) in [6.07, 6.45) is 4.97. The van der Waals surface area contributed by atoms with Crippen molar-refractivity contribution in [2.75, 3.05) is 19.6 Å². The van der Waals surface area contributed by atoms with Crippen LogP contribution in [0.25, 0.3) is 10.9 Å². The number of Topliss-reactive ketones (excluding diaryl/α,β-unsaturated/α-hetero) is 1. The lowest BCUT2D eigenvalue weighted by Gasteiger charge is -2.25. The minimum Gasteiger partial charge on any atom is -0.368 e. The summed E-state index contributed by atoms with van der Waals surface area (Å²) in [5.74, 6) is 1.63. The zero-order chi connectivity index (χ0) is 40.6. The topological polar surface area (TPSA) is 222 Å². The summed E-state index contributed by atoms with van der Waals surface area (Å²) in [5.41, 5.74) is 14.0. The Bertz CT molecular complexity index is 1920. The molecule has 6 atom stereocenters. The molecular formula is C42H54N8O6. The first-order chi connectivity index (χ1) is 26.9. The number of ketones is 1. The predicted molar refractivity (Wildman–Crippen MR) is 214 cm³/mol. The van der Waals surface area contributed by atoms with Gasteiger partial charge in [-0.25, -0.2) is 0 Å². The fourth-order valence-corrected chi connectivity index (χ4v) is 6.51. The van der Waals surface area contributed by atoms with E-state index in [1.165, 1.54) is 13.8 Å². The van der Waals surface area contributed by atoms with E-state index in [0.29, 0.717) is 32.5 Å². The van der Waals surface area contributed by atoms with E-state index in [2.05, 4.69) is 44.7 Å². The molecule has 1 aliphatic heterocycles. The molecule has 9 N–H and O–H groups in total. The number of nitrogens with zero attached hydrogens (tertiary/aromatic N) is 1. The third-order valence-electron chi connectivity index (χ3n) is 9.74. The molecule has 0 unspecified atom stereocenters. The Morgan fingerprint density at radius 2 is 1.70 bits per heavy atom. The number of rotatable bonds is 9. The van der Waals surface area contributed by atoms with Crippen molar-refractivity contribution < 1.29 is 28.8 Å². The molecular weight excluding hydrogens is 713 g/mol. The van der Waals surface area contributed by atoms with E-state index in [0.717, 1.165) is 22.0 Å². The number of hydrogen-bond donors (Lipinski definition) is 7. The van der Waals surface area contributed by atoms with Gasteiger partial charge in [-0.15, -0.1) is 6.58 Å². The van der Waals surface area contributed by atoms with Crippen molar-refractivity contribution in [3.8, 4) is 11.8 Å². The molecule has 1 aromatic heterocycles. The van der Waals surface area contributed by atoms with Gasteiger partial charge in [0.2, 0.25) is 29.5 Å². The first-order valence-corrected chi connectivity index (χ1v) is 19.0. The number of fused-ring (bicyclic) bond motifs is 1. The average molecular weight is 767 g/mol. The van der Waals surface area contributed by atoms with Crippen LogP contribution in [0.15, 0.2) is 73.4 Å². The first-order valence-electron chi connectivity index (χ1n) is 19.0. The molecule has 14 nitrogen and oxygen atoms in total. The Labute approximate surface area is 328 Å². The van der Waals surface area contributed by atoms with E-state index in [1.807, 2.05) is 59.5 Å². The molecule has 0 saturated carbocycles. The molecule has 0 bridgehead atoms. The highest BCUT2D eigenvalue weighted by Crippen LogP contribution is 2.22. The van der Waals surface area contributed by atoms with Crippen molar-refractivity contribution in [1.29, 1.82) is 0 Å². The smallest absolute Gasteiger partial charge is 0.244 e. The van der Waals surface area contributed by atoms with Crippen LogP contribution < -0.4 is 32.7 Å². The number of aromatic nitrogens is 1. The average Bonchev–Trinajstić information content (AvgIpc) is 3.58. The molecule has 5 amide bonds. The number of benzene rings is 2. The van der Waals surface area contributed by atoms with Gasteiger partial charge in [0, 0.05) is 48.8 Å². The summed E-state index contributed by atoms with van der Waals surface area (Å²) < 4.78 is 0. The maximum Gasteiger partial charge on any atom is 0.244 e. The lowest BCUT2D eigenvalue weighted by molar-refractivity contribution is -0.134. The van der Waals surface area contributed by atoms with E-state index < -0.39 is 71.4 Å². The van der Waals surface area contributed by atoms with Crippen LogP contribution in [0.5, 0.6) is 0 Å². The van der Waals surface area contributed by atoms with Gasteiger partial charge in [-0.1, -0.05) is 66.4 Å². The van der Waals surface area contributed by atoms with Crippen molar-refractivity contribution in [1.82, 2.24) is 31.2 Å². The van der Waals surface area contributed by atoms with Crippen molar-refractivity contribution in [2.45, 2.75) is 89.0 Å². The highest BCUT2D eigenvalue weighted by molar-refractivity contribution is 5.97. The molecule has 0 saturated heterocycles. The molecule has 0 spiro atoms. The second-order valence-electron chi connectivity index (χ2n) is 14.3. The zero-order valence-electron chi connectivity index (χ0n) is 32.1. The number of nitrogens with one attached hydrogen (secondary N) is 5. The summed E-state index contributed by atoms with van der Waals surface area (Å²) in [6, 6.07) is 11.5. The van der Waals surface area contributed by atoms with Crippen LogP contribution in [0.4, 0.5) is 0 Å². The molecule has 2 heterocycles. The standard InChI is InChI=1S/C42H54N8O6/c1-4-20-50-21-12-10-18-34(38(44)52)47-41(55)30(23-29-14-6-5-7-15-29)25-37(51)36(24-31-26-45-33-17-9-8-16-32(31)33)49-40(54)28(3)46-42(56)35(19-11-13-22-50)48-39(53)27(2)43/h4-9,14-17,26-28,30,34-36,45H,1,10,12,18-25,43H2,2-3H3,(H2,44,52)(H,46,56)(H,47,55)(H,48,53)(H,49,54)/t27-,28-,30-,34-,35-,36-/m0/s1. The van der Waals surface area contributed by atoms with Gasteiger partial charge >= 0.3 is 0 Å². The Balaban J connectivity index is 1.69. The molecule has 3 aromatic rings. The van der Waals surface area contributed by atoms with Gasteiger partial charge in [-0.3, -0.25) is 33.7 Å². The number of carbonyl (C=O) groups is 6. The lowest BCUT2D eigenvalue weighted by Crippen LogP contribution is -2.56. The van der Waals surface area contributed by atoms with Crippen molar-refractivity contribution in [3.05, 3.63) is 84.6 Å². The first kappa shape index (κ1) is 43.0. The van der Waals surface area contributed by atoms with Crippen molar-refractivity contribution in [3.63, 3.8) is 0 Å². The summed E-state index contributed by atoms with van der Waals surface area (Å²) in [5, 5.41) is 11.8. The minimum absolute atomic E-state index is 0.0506. The minimum atomic E-state index is -1.14. The number of amides is 5. The van der Waals surface area contributed by atoms with Crippen LogP contribution >= 0.6 is 0 Å². The van der Waals surface area contributed by atoms with Crippen LogP contribution in [0, 0.1) is 17.8 Å². The Kier molecular flexibility index (Phi) is 16.4. The van der Waals surface area contributed by atoms with Crippen LogP contribution in [0.1, 0.15) is 57.1 Å². The predicted octanol–water partition coefficient (Wildman–Crippen LogP) is 1.39. The third kappa shape index (κ3) is 12.9. The number of carbonyl (C=O) groups excluding carboxylic acids is 6. The Morgan fingerprint density at radius 3 is 2.41 bits per heavy atom. The number of H-pyrrole nitrogens is 1. The molecule has 14 heteroatoms. The number of para-hydroxylation sites is 1. The fraction of sp³-hybridized carbons (Fsp3) is 0.429. The van der Waals surface area contributed by atoms with E-state index in [4.69, 9.17) is 11.5 Å². The molecule has 2 aromatic carbocycles. The summed E-state index contributed by atoms with van der Waals surface area (Å²) >= 11 is 0. The van der Waals surface area contributed by atoms with Gasteiger partial charge in [0.05, 0.1) is 18.6 Å². The summed E-state index contributed by atoms with van der Waals surface area (Å²) in [7, 11) is 0. The molecule has 1 aliphatic rings. The molecule has 0 fully saturated rings. The number of nitrogens with two attached hydrogens (primary N) is 2. The van der Waals surface area contributed by atoms with Gasteiger partial charge in [0.25, 0.3) is 0 Å². The molecule has 0 aliphatic carbocycles. The molecule has 0 radical (unpaired) electrons. The fourth-order valence-electron chi connectivity index (χ4n) is 6.51.